The maximum atomic E-state index is 13.0. The number of halogens is 1. The van der Waals surface area contributed by atoms with Gasteiger partial charge in [-0.25, -0.2) is 4.39 Å². The van der Waals surface area contributed by atoms with Gasteiger partial charge in [-0.3, -0.25) is 0 Å². The van der Waals surface area contributed by atoms with E-state index in [0.29, 0.717) is 30.6 Å². The molecule has 3 rings (SSSR count). The van der Waals surface area contributed by atoms with Gasteiger partial charge in [-0.1, -0.05) is 37.5 Å². The molecule has 0 radical (unpaired) electrons. The van der Waals surface area contributed by atoms with E-state index in [1.165, 1.54) is 44.2 Å². The van der Waals surface area contributed by atoms with Crippen molar-refractivity contribution in [3.05, 3.63) is 59.4 Å². The molecule has 0 bridgehead atoms. The molecule has 2 aromatic rings. The smallest absolute Gasteiger partial charge is 0.161 e. The Labute approximate surface area is 191 Å². The van der Waals surface area contributed by atoms with Gasteiger partial charge in [0.15, 0.2) is 11.5 Å². The molecule has 2 N–H and O–H groups in total. The van der Waals surface area contributed by atoms with Gasteiger partial charge >= 0.3 is 0 Å². The molecule has 1 aliphatic rings. The van der Waals surface area contributed by atoms with Crippen molar-refractivity contribution in [2.45, 2.75) is 57.2 Å². The Kier molecular flexibility index (Phi) is 9.78. The quantitative estimate of drug-likeness (QED) is 0.481. The number of aliphatic hydroxyl groups is 1. The van der Waals surface area contributed by atoms with Gasteiger partial charge in [-0.15, -0.1) is 0 Å². The molecule has 32 heavy (non-hydrogen) atoms. The van der Waals surface area contributed by atoms with Crippen LogP contribution in [0.25, 0.3) is 0 Å². The summed E-state index contributed by atoms with van der Waals surface area (Å²) in [7, 11) is 3.72. The predicted molar refractivity (Wildman–Crippen MR) is 126 cm³/mol. The molecule has 176 valence electrons. The van der Waals surface area contributed by atoms with E-state index in [1.807, 2.05) is 30.3 Å². The van der Waals surface area contributed by atoms with Crippen molar-refractivity contribution in [3.63, 3.8) is 0 Å². The third-order valence-corrected chi connectivity index (χ3v) is 6.19. The Morgan fingerprint density at radius 1 is 1.06 bits per heavy atom. The van der Waals surface area contributed by atoms with Crippen molar-refractivity contribution in [2.24, 2.45) is 0 Å². The third kappa shape index (κ3) is 7.76. The monoisotopic (exact) mass is 444 g/mol. The second-order valence-corrected chi connectivity index (χ2v) is 8.73. The normalized spacial score (nSPS) is 15.7. The van der Waals surface area contributed by atoms with Crippen LogP contribution in [0.3, 0.4) is 0 Å². The van der Waals surface area contributed by atoms with E-state index in [9.17, 15) is 9.50 Å². The molecule has 6 heteroatoms. The fourth-order valence-electron chi connectivity index (χ4n) is 4.30. The summed E-state index contributed by atoms with van der Waals surface area (Å²) < 4.78 is 24.4. The lowest BCUT2D eigenvalue weighted by atomic mass is 9.94. The average Bonchev–Trinajstić information content (AvgIpc) is 2.82. The summed E-state index contributed by atoms with van der Waals surface area (Å²) in [6.45, 7) is 2.35. The zero-order valence-electron chi connectivity index (χ0n) is 19.4. The number of benzene rings is 2. The van der Waals surface area contributed by atoms with Crippen LogP contribution in [-0.4, -0.2) is 56.0 Å². The molecule has 2 aromatic carbocycles. The van der Waals surface area contributed by atoms with Gasteiger partial charge in [0, 0.05) is 19.1 Å². The third-order valence-electron chi connectivity index (χ3n) is 6.19. The highest BCUT2D eigenvalue weighted by molar-refractivity contribution is 5.43. The lowest BCUT2D eigenvalue weighted by molar-refractivity contribution is 0.0553. The Balaban J connectivity index is 1.42. The number of aliphatic hydroxyl groups excluding tert-OH is 1. The van der Waals surface area contributed by atoms with Crippen molar-refractivity contribution in [1.82, 2.24) is 10.2 Å². The number of hydrogen-bond donors (Lipinski definition) is 2. The van der Waals surface area contributed by atoms with E-state index in [4.69, 9.17) is 9.47 Å². The van der Waals surface area contributed by atoms with Gasteiger partial charge in [-0.2, -0.15) is 0 Å². The number of methoxy groups -OCH3 is 1. The number of likely N-dealkylation sites (N-methyl/N-ethyl adjacent to an activating group) is 1. The first-order valence-corrected chi connectivity index (χ1v) is 11.7. The minimum absolute atomic E-state index is 0.208. The topological polar surface area (TPSA) is 54.0 Å². The van der Waals surface area contributed by atoms with Crippen LogP contribution in [0.15, 0.2) is 42.5 Å². The summed E-state index contributed by atoms with van der Waals surface area (Å²) >= 11 is 0. The van der Waals surface area contributed by atoms with Gasteiger partial charge < -0.3 is 24.8 Å². The fraction of sp³-hybridized carbons (Fsp3) is 0.538. The maximum absolute atomic E-state index is 13.0. The van der Waals surface area contributed by atoms with E-state index >= 15 is 0 Å². The first-order valence-electron chi connectivity index (χ1n) is 11.7. The van der Waals surface area contributed by atoms with Crippen molar-refractivity contribution in [1.29, 1.82) is 0 Å². The Morgan fingerprint density at radius 3 is 2.50 bits per heavy atom. The highest BCUT2D eigenvalue weighted by Gasteiger charge is 2.20. The number of nitrogens with one attached hydrogen (secondary N) is 1. The standard InChI is InChI=1S/C26H37FN2O3/c1-29(23-6-4-3-5-7-23)18-24(30)19-32-25-13-10-21(16-26(25)31-2)17-28-15-14-20-8-11-22(27)12-9-20/h8-13,16,23-24,28,30H,3-7,14-15,17-19H2,1-2H3/t24-/m1/s1. The molecule has 1 saturated carbocycles. The molecule has 0 aliphatic heterocycles. The highest BCUT2D eigenvalue weighted by Crippen LogP contribution is 2.28. The lowest BCUT2D eigenvalue weighted by Gasteiger charge is -2.32. The van der Waals surface area contributed by atoms with Gasteiger partial charge in [0.1, 0.15) is 18.5 Å². The molecular weight excluding hydrogens is 407 g/mol. The molecular formula is C26H37FN2O3. The van der Waals surface area contributed by atoms with E-state index in [2.05, 4.69) is 17.3 Å². The SMILES string of the molecule is COc1cc(CNCCc2ccc(F)cc2)ccc1OC[C@H](O)CN(C)C1CCCCC1. The van der Waals surface area contributed by atoms with E-state index in [-0.39, 0.29) is 12.4 Å². The summed E-state index contributed by atoms with van der Waals surface area (Å²) in [6, 6.07) is 13.0. The molecule has 5 nitrogen and oxygen atoms in total. The predicted octanol–water partition coefficient (Wildman–Crippen LogP) is 4.17. The minimum Gasteiger partial charge on any atom is -0.493 e. The first kappa shape index (κ1) is 24.5. The molecule has 1 fully saturated rings. The van der Waals surface area contributed by atoms with Crippen molar-refractivity contribution in [3.8, 4) is 11.5 Å². The van der Waals surface area contributed by atoms with Crippen LogP contribution in [0, 0.1) is 5.82 Å². The molecule has 0 spiro atoms. The second-order valence-electron chi connectivity index (χ2n) is 8.73. The number of rotatable bonds is 12. The average molecular weight is 445 g/mol. The van der Waals surface area contributed by atoms with Crippen LogP contribution < -0.4 is 14.8 Å². The Bertz CT molecular complexity index is 809. The minimum atomic E-state index is -0.542. The molecule has 0 amide bonds. The molecule has 0 heterocycles. The Morgan fingerprint density at radius 2 is 1.78 bits per heavy atom. The summed E-state index contributed by atoms with van der Waals surface area (Å²) in [4.78, 5) is 2.27. The first-order chi connectivity index (χ1) is 15.5. The number of ether oxygens (including phenoxy) is 2. The van der Waals surface area contributed by atoms with Gasteiger partial charge in [0.05, 0.1) is 7.11 Å². The van der Waals surface area contributed by atoms with Crippen LogP contribution in [-0.2, 0) is 13.0 Å². The van der Waals surface area contributed by atoms with Crippen LogP contribution in [0.2, 0.25) is 0 Å². The fourth-order valence-corrected chi connectivity index (χ4v) is 4.30. The van der Waals surface area contributed by atoms with Crippen molar-refractivity contribution in [2.75, 3.05) is 33.9 Å². The van der Waals surface area contributed by atoms with Crippen molar-refractivity contribution >= 4 is 0 Å². The summed E-state index contributed by atoms with van der Waals surface area (Å²) in [5, 5.41) is 13.8. The zero-order chi connectivity index (χ0) is 22.8. The van der Waals surface area contributed by atoms with E-state index < -0.39 is 6.10 Å². The molecule has 1 aliphatic carbocycles. The number of nitrogens with zero attached hydrogens (tertiary/aromatic N) is 1. The molecule has 0 aromatic heterocycles. The van der Waals surface area contributed by atoms with Crippen molar-refractivity contribution < 1.29 is 19.0 Å². The van der Waals surface area contributed by atoms with E-state index in [0.717, 1.165) is 24.1 Å². The van der Waals surface area contributed by atoms with Gasteiger partial charge in [-0.05, 0) is 68.2 Å². The molecule has 0 saturated heterocycles. The van der Waals surface area contributed by atoms with Crippen LogP contribution in [0.4, 0.5) is 4.39 Å². The van der Waals surface area contributed by atoms with Gasteiger partial charge in [0.25, 0.3) is 0 Å². The molecule has 0 unspecified atom stereocenters. The lowest BCUT2D eigenvalue weighted by Crippen LogP contribution is -2.40. The maximum Gasteiger partial charge on any atom is 0.161 e. The van der Waals surface area contributed by atoms with E-state index in [1.54, 1.807) is 7.11 Å². The Hall–Kier alpha value is -2.15. The van der Waals surface area contributed by atoms with Gasteiger partial charge in [0.2, 0.25) is 0 Å². The second kappa shape index (κ2) is 12.8. The summed E-state index contributed by atoms with van der Waals surface area (Å²) in [5.41, 5.74) is 2.19. The molecule has 1 atom stereocenters. The van der Waals surface area contributed by atoms with Crippen LogP contribution >= 0.6 is 0 Å². The summed E-state index contributed by atoms with van der Waals surface area (Å²) in [5.74, 6) is 1.09. The van der Waals surface area contributed by atoms with Crippen LogP contribution in [0.5, 0.6) is 11.5 Å². The largest absolute Gasteiger partial charge is 0.493 e. The highest BCUT2D eigenvalue weighted by atomic mass is 19.1. The summed E-state index contributed by atoms with van der Waals surface area (Å²) in [6.07, 6.45) is 6.63. The van der Waals surface area contributed by atoms with Crippen LogP contribution in [0.1, 0.15) is 43.2 Å². The zero-order valence-corrected chi connectivity index (χ0v) is 19.4. The number of hydrogen-bond acceptors (Lipinski definition) is 5.